The Morgan fingerprint density at radius 3 is 2.57 bits per heavy atom. The molecule has 0 aliphatic carbocycles. The smallest absolute Gasteiger partial charge is 0.166 e. The summed E-state index contributed by atoms with van der Waals surface area (Å²) in [5, 5.41) is 15.2. The number of benzene rings is 1. The molecule has 0 saturated carbocycles. The van der Waals surface area contributed by atoms with Gasteiger partial charge in [-0.3, -0.25) is 4.40 Å². The molecule has 3 rings (SSSR count). The molecule has 3 aromatic rings. The minimum Gasteiger partial charge on any atom is -0.359 e. The Bertz CT molecular complexity index is 738. The summed E-state index contributed by atoms with van der Waals surface area (Å²) in [4.78, 5) is 0. The monoisotopic (exact) mass is 297 g/mol. The van der Waals surface area contributed by atoms with Gasteiger partial charge < -0.3 is 10.6 Å². The summed E-state index contributed by atoms with van der Waals surface area (Å²) in [6.45, 7) is 1.24. The molecule has 0 spiro atoms. The van der Waals surface area contributed by atoms with Crippen LogP contribution in [0.5, 0.6) is 0 Å². The van der Waals surface area contributed by atoms with Crippen LogP contribution in [-0.4, -0.2) is 19.7 Å². The van der Waals surface area contributed by atoms with Crippen LogP contribution >= 0.6 is 12.2 Å². The number of fused-ring (bicyclic) bond motifs is 1. The molecule has 0 atom stereocenters. The van der Waals surface area contributed by atoms with Crippen LogP contribution in [-0.2, 0) is 13.1 Å². The van der Waals surface area contributed by atoms with Gasteiger partial charge in [0.1, 0.15) is 0 Å². The molecule has 1 aromatic carbocycles. The lowest BCUT2D eigenvalue weighted by molar-refractivity contribution is 0.778. The SMILES string of the molecule is S=C(NCc1ccccc1)NCc1nnc2ccccn12. The predicted octanol–water partition coefficient (Wildman–Crippen LogP) is 1.89. The van der Waals surface area contributed by atoms with E-state index in [1.54, 1.807) is 0 Å². The fraction of sp³-hybridized carbons (Fsp3) is 0.133. The molecule has 106 valence electrons. The number of hydrogen-bond acceptors (Lipinski definition) is 3. The molecule has 2 N–H and O–H groups in total. The Balaban J connectivity index is 1.54. The first-order valence-corrected chi connectivity index (χ1v) is 7.08. The molecule has 5 nitrogen and oxygen atoms in total. The third-order valence-electron chi connectivity index (χ3n) is 3.09. The number of rotatable bonds is 4. The number of hydrogen-bond donors (Lipinski definition) is 2. The first-order chi connectivity index (χ1) is 10.3. The first-order valence-electron chi connectivity index (χ1n) is 6.67. The van der Waals surface area contributed by atoms with E-state index in [-0.39, 0.29) is 0 Å². The molecule has 6 heteroatoms. The molecule has 0 amide bonds. The van der Waals surface area contributed by atoms with E-state index in [1.165, 1.54) is 5.56 Å². The normalized spacial score (nSPS) is 10.5. The predicted molar refractivity (Wildman–Crippen MR) is 85.7 cm³/mol. The summed E-state index contributed by atoms with van der Waals surface area (Å²) < 4.78 is 1.94. The summed E-state index contributed by atoms with van der Waals surface area (Å²) in [6.07, 6.45) is 1.94. The number of nitrogens with one attached hydrogen (secondary N) is 2. The zero-order valence-electron chi connectivity index (χ0n) is 11.4. The molecular formula is C15H15N5S. The minimum absolute atomic E-state index is 0.534. The maximum atomic E-state index is 5.27. The van der Waals surface area contributed by atoms with Gasteiger partial charge in [-0.2, -0.15) is 0 Å². The van der Waals surface area contributed by atoms with E-state index in [0.717, 1.165) is 11.5 Å². The second-order valence-corrected chi connectivity index (χ2v) is 4.98. The molecule has 0 unspecified atom stereocenters. The van der Waals surface area contributed by atoms with Crippen molar-refractivity contribution in [3.8, 4) is 0 Å². The van der Waals surface area contributed by atoms with Gasteiger partial charge in [-0.1, -0.05) is 36.4 Å². The van der Waals surface area contributed by atoms with Crippen molar-refractivity contribution in [3.63, 3.8) is 0 Å². The highest BCUT2D eigenvalue weighted by Crippen LogP contribution is 2.02. The summed E-state index contributed by atoms with van der Waals surface area (Å²) in [6, 6.07) is 15.9. The van der Waals surface area contributed by atoms with E-state index in [2.05, 4.69) is 33.0 Å². The van der Waals surface area contributed by atoms with Gasteiger partial charge in [0.05, 0.1) is 6.54 Å². The van der Waals surface area contributed by atoms with Gasteiger partial charge in [0.15, 0.2) is 16.6 Å². The molecule has 0 radical (unpaired) electrons. The lowest BCUT2D eigenvalue weighted by Gasteiger charge is -2.09. The Kier molecular flexibility index (Phi) is 4.07. The lowest BCUT2D eigenvalue weighted by atomic mass is 10.2. The standard InChI is InChI=1S/C15H15N5S/c21-15(16-10-12-6-2-1-3-7-12)17-11-14-19-18-13-8-4-5-9-20(13)14/h1-9H,10-11H2,(H2,16,17,21). The van der Waals surface area contributed by atoms with Gasteiger partial charge in [0.25, 0.3) is 0 Å². The van der Waals surface area contributed by atoms with Gasteiger partial charge in [-0.15, -0.1) is 10.2 Å². The largest absolute Gasteiger partial charge is 0.359 e. The topological polar surface area (TPSA) is 54.2 Å². The van der Waals surface area contributed by atoms with Gasteiger partial charge >= 0.3 is 0 Å². The highest BCUT2D eigenvalue weighted by atomic mass is 32.1. The molecule has 0 fully saturated rings. The van der Waals surface area contributed by atoms with Crippen molar-refractivity contribution in [3.05, 3.63) is 66.1 Å². The van der Waals surface area contributed by atoms with Crippen LogP contribution in [0.1, 0.15) is 11.4 Å². The highest BCUT2D eigenvalue weighted by Gasteiger charge is 2.04. The van der Waals surface area contributed by atoms with Crippen molar-refractivity contribution < 1.29 is 0 Å². The van der Waals surface area contributed by atoms with E-state index >= 15 is 0 Å². The second kappa shape index (κ2) is 6.32. The third-order valence-corrected chi connectivity index (χ3v) is 3.38. The molecule has 0 aliphatic heterocycles. The molecule has 0 bridgehead atoms. The Morgan fingerprint density at radius 2 is 1.71 bits per heavy atom. The third kappa shape index (κ3) is 3.35. The maximum absolute atomic E-state index is 5.27. The first kappa shape index (κ1) is 13.5. The Morgan fingerprint density at radius 1 is 0.952 bits per heavy atom. The number of aromatic nitrogens is 3. The van der Waals surface area contributed by atoms with E-state index in [1.807, 2.05) is 47.0 Å². The second-order valence-electron chi connectivity index (χ2n) is 4.57. The summed E-state index contributed by atoms with van der Waals surface area (Å²) in [5.41, 5.74) is 2.02. The van der Waals surface area contributed by atoms with Crippen molar-refractivity contribution >= 4 is 23.0 Å². The quantitative estimate of drug-likeness (QED) is 0.720. The van der Waals surface area contributed by atoms with Crippen molar-refractivity contribution in [2.24, 2.45) is 0 Å². The zero-order valence-corrected chi connectivity index (χ0v) is 12.2. The van der Waals surface area contributed by atoms with Crippen molar-refractivity contribution in [2.45, 2.75) is 13.1 Å². The van der Waals surface area contributed by atoms with Crippen LogP contribution in [0.2, 0.25) is 0 Å². The van der Waals surface area contributed by atoms with Gasteiger partial charge in [0, 0.05) is 12.7 Å². The molecule has 0 saturated heterocycles. The van der Waals surface area contributed by atoms with E-state index in [0.29, 0.717) is 18.2 Å². The summed E-state index contributed by atoms with van der Waals surface area (Å²) >= 11 is 5.27. The van der Waals surface area contributed by atoms with Crippen molar-refractivity contribution in [1.29, 1.82) is 0 Å². The van der Waals surface area contributed by atoms with Gasteiger partial charge in [0.2, 0.25) is 0 Å². The van der Waals surface area contributed by atoms with Crippen LogP contribution in [0.25, 0.3) is 5.65 Å². The Hall–Kier alpha value is -2.47. The maximum Gasteiger partial charge on any atom is 0.166 e. The number of pyridine rings is 1. The van der Waals surface area contributed by atoms with Crippen LogP contribution < -0.4 is 10.6 Å². The van der Waals surface area contributed by atoms with E-state index in [9.17, 15) is 0 Å². The molecular weight excluding hydrogens is 282 g/mol. The Labute approximate surface area is 128 Å². The molecule has 2 heterocycles. The fourth-order valence-corrected chi connectivity index (χ4v) is 2.16. The van der Waals surface area contributed by atoms with Gasteiger partial charge in [-0.25, -0.2) is 0 Å². The lowest BCUT2D eigenvalue weighted by Crippen LogP contribution is -2.34. The van der Waals surface area contributed by atoms with Crippen molar-refractivity contribution in [2.75, 3.05) is 0 Å². The summed E-state index contributed by atoms with van der Waals surface area (Å²) in [5.74, 6) is 0.828. The van der Waals surface area contributed by atoms with Crippen molar-refractivity contribution in [1.82, 2.24) is 25.2 Å². The zero-order chi connectivity index (χ0) is 14.5. The van der Waals surface area contributed by atoms with E-state index < -0.39 is 0 Å². The minimum atomic E-state index is 0.534. The van der Waals surface area contributed by atoms with Crippen LogP contribution in [0.15, 0.2) is 54.7 Å². The van der Waals surface area contributed by atoms with E-state index in [4.69, 9.17) is 12.2 Å². The van der Waals surface area contributed by atoms with Crippen LogP contribution in [0.4, 0.5) is 0 Å². The van der Waals surface area contributed by atoms with Crippen LogP contribution in [0, 0.1) is 0 Å². The average molecular weight is 297 g/mol. The number of nitrogens with zero attached hydrogens (tertiary/aromatic N) is 3. The molecule has 2 aromatic heterocycles. The fourth-order valence-electron chi connectivity index (χ4n) is 2.01. The molecule has 21 heavy (non-hydrogen) atoms. The number of thiocarbonyl (C=S) groups is 1. The van der Waals surface area contributed by atoms with Crippen LogP contribution in [0.3, 0.4) is 0 Å². The summed E-state index contributed by atoms with van der Waals surface area (Å²) in [7, 11) is 0. The highest BCUT2D eigenvalue weighted by molar-refractivity contribution is 7.80. The average Bonchev–Trinajstić information content (AvgIpc) is 2.95. The molecule has 0 aliphatic rings. The van der Waals surface area contributed by atoms with Gasteiger partial charge in [-0.05, 0) is 29.9 Å².